The van der Waals surface area contributed by atoms with Gasteiger partial charge in [0.05, 0.1) is 10.5 Å². The maximum atomic E-state index is 6.08. The molecule has 0 amide bonds. The summed E-state index contributed by atoms with van der Waals surface area (Å²) in [5.74, 6) is 0.652. The minimum absolute atomic E-state index is 0.203. The van der Waals surface area contributed by atoms with E-state index < -0.39 is 0 Å². The molecule has 3 rings (SSSR count). The number of nitrogens with one attached hydrogen (secondary N) is 1. The summed E-state index contributed by atoms with van der Waals surface area (Å²) in [6, 6.07) is 13.3. The van der Waals surface area contributed by atoms with Crippen molar-refractivity contribution in [3.8, 4) is 0 Å². The Morgan fingerprint density at radius 2 is 1.80 bits per heavy atom. The van der Waals surface area contributed by atoms with Crippen molar-refractivity contribution in [1.29, 1.82) is 0 Å². The zero-order valence-electron chi connectivity index (χ0n) is 10.1. The molecule has 0 spiro atoms. The second-order valence-electron chi connectivity index (χ2n) is 4.11. The third kappa shape index (κ3) is 2.73. The average molecular weight is 369 g/mol. The Morgan fingerprint density at radius 1 is 1.00 bits per heavy atom. The molecule has 3 nitrogen and oxygen atoms in total. The van der Waals surface area contributed by atoms with Crippen molar-refractivity contribution in [2.24, 2.45) is 0 Å². The van der Waals surface area contributed by atoms with Crippen LogP contribution in [0.5, 0.6) is 0 Å². The number of hydrogen-bond acceptors (Lipinski definition) is 3. The van der Waals surface area contributed by atoms with Crippen LogP contribution in [0.15, 0.2) is 46.9 Å². The average Bonchev–Trinajstić information content (AvgIpc) is 2.43. The maximum Gasteiger partial charge on any atom is 0.224 e. The first-order valence-corrected chi connectivity index (χ1v) is 7.33. The molecular weight excluding hydrogens is 361 g/mol. The Kier molecular flexibility index (Phi) is 3.78. The van der Waals surface area contributed by atoms with Gasteiger partial charge in [-0.25, -0.2) is 4.98 Å². The summed E-state index contributed by atoms with van der Waals surface area (Å²) in [7, 11) is 0. The lowest BCUT2D eigenvalue weighted by Gasteiger charge is -2.09. The molecule has 0 fully saturated rings. The van der Waals surface area contributed by atoms with Crippen LogP contribution in [0.2, 0.25) is 10.3 Å². The summed E-state index contributed by atoms with van der Waals surface area (Å²) in [4.78, 5) is 8.43. The topological polar surface area (TPSA) is 37.8 Å². The van der Waals surface area contributed by atoms with E-state index >= 15 is 0 Å². The molecule has 100 valence electrons. The van der Waals surface area contributed by atoms with Crippen molar-refractivity contribution in [1.82, 2.24) is 9.97 Å². The van der Waals surface area contributed by atoms with Gasteiger partial charge in [-0.3, -0.25) is 0 Å². The normalized spacial score (nSPS) is 10.8. The number of fused-ring (bicyclic) bond motifs is 1. The lowest BCUT2D eigenvalue weighted by molar-refractivity contribution is 1.22. The van der Waals surface area contributed by atoms with E-state index in [2.05, 4.69) is 31.2 Å². The predicted octanol–water partition coefficient (Wildman–Crippen LogP) is 5.44. The van der Waals surface area contributed by atoms with Crippen LogP contribution in [-0.2, 0) is 0 Å². The Bertz CT molecular complexity index is 792. The number of halogens is 3. The third-order valence-electron chi connectivity index (χ3n) is 2.76. The molecule has 1 N–H and O–H groups in total. The fourth-order valence-electron chi connectivity index (χ4n) is 1.85. The van der Waals surface area contributed by atoms with Gasteiger partial charge < -0.3 is 5.32 Å². The van der Waals surface area contributed by atoms with Gasteiger partial charge in [0.1, 0.15) is 5.82 Å². The number of hydrogen-bond donors (Lipinski definition) is 1. The summed E-state index contributed by atoms with van der Waals surface area (Å²) in [5, 5.41) is 4.94. The standard InChI is InChI=1S/C14H8BrCl2N3/c15-10-6-5-8(7-11(10)16)18-13-9-3-1-2-4-12(9)19-14(17)20-13/h1-7H,(H,18,19,20). The van der Waals surface area contributed by atoms with Gasteiger partial charge in [0, 0.05) is 15.5 Å². The number of para-hydroxylation sites is 1. The predicted molar refractivity (Wildman–Crippen MR) is 87.0 cm³/mol. The fraction of sp³-hybridized carbons (Fsp3) is 0. The van der Waals surface area contributed by atoms with Crippen LogP contribution in [0.3, 0.4) is 0 Å². The summed E-state index contributed by atoms with van der Waals surface area (Å²) < 4.78 is 0.843. The van der Waals surface area contributed by atoms with Gasteiger partial charge in [-0.1, -0.05) is 23.7 Å². The second kappa shape index (κ2) is 5.56. The van der Waals surface area contributed by atoms with E-state index in [0.29, 0.717) is 10.8 Å². The lowest BCUT2D eigenvalue weighted by Crippen LogP contribution is -1.97. The summed E-state index contributed by atoms with van der Waals surface area (Å²) in [5.41, 5.74) is 1.62. The largest absolute Gasteiger partial charge is 0.340 e. The monoisotopic (exact) mass is 367 g/mol. The SMILES string of the molecule is Clc1nc(Nc2ccc(Br)c(Cl)c2)c2ccccc2n1. The molecule has 0 unspecified atom stereocenters. The molecule has 2 aromatic carbocycles. The fourth-order valence-corrected chi connectivity index (χ4v) is 2.46. The van der Waals surface area contributed by atoms with Gasteiger partial charge in [-0.05, 0) is 57.9 Å². The van der Waals surface area contributed by atoms with Crippen molar-refractivity contribution >= 4 is 61.5 Å². The first-order chi connectivity index (χ1) is 9.63. The highest BCUT2D eigenvalue weighted by atomic mass is 79.9. The van der Waals surface area contributed by atoms with Crippen LogP contribution < -0.4 is 5.32 Å². The molecule has 0 saturated carbocycles. The number of aromatic nitrogens is 2. The van der Waals surface area contributed by atoms with Crippen LogP contribution >= 0.6 is 39.1 Å². The Hall–Kier alpha value is -1.36. The smallest absolute Gasteiger partial charge is 0.224 e. The lowest BCUT2D eigenvalue weighted by atomic mass is 10.2. The number of benzene rings is 2. The van der Waals surface area contributed by atoms with E-state index in [1.807, 2.05) is 42.5 Å². The highest BCUT2D eigenvalue weighted by molar-refractivity contribution is 9.10. The van der Waals surface area contributed by atoms with Gasteiger partial charge >= 0.3 is 0 Å². The van der Waals surface area contributed by atoms with Gasteiger partial charge in [-0.2, -0.15) is 4.98 Å². The Labute approximate surface area is 134 Å². The number of anilines is 2. The molecule has 0 bridgehead atoms. The third-order valence-corrected chi connectivity index (χ3v) is 4.16. The Balaban J connectivity index is 2.07. The van der Waals surface area contributed by atoms with Gasteiger partial charge in [0.2, 0.25) is 5.28 Å². The molecule has 0 aliphatic rings. The van der Waals surface area contributed by atoms with Gasteiger partial charge in [0.25, 0.3) is 0 Å². The van der Waals surface area contributed by atoms with Crippen LogP contribution in [0.1, 0.15) is 0 Å². The van der Waals surface area contributed by atoms with Crippen LogP contribution in [0, 0.1) is 0 Å². The zero-order chi connectivity index (χ0) is 14.1. The van der Waals surface area contributed by atoms with E-state index in [1.165, 1.54) is 0 Å². The molecular formula is C14H8BrCl2N3. The molecule has 0 atom stereocenters. The van der Waals surface area contributed by atoms with Crippen molar-refractivity contribution < 1.29 is 0 Å². The molecule has 20 heavy (non-hydrogen) atoms. The first kappa shape index (κ1) is 13.6. The minimum atomic E-state index is 0.203. The molecule has 0 saturated heterocycles. The number of rotatable bonds is 2. The van der Waals surface area contributed by atoms with Crippen LogP contribution in [-0.4, -0.2) is 9.97 Å². The van der Waals surface area contributed by atoms with E-state index in [4.69, 9.17) is 23.2 Å². The van der Waals surface area contributed by atoms with Gasteiger partial charge in [0.15, 0.2) is 0 Å². The van der Waals surface area contributed by atoms with Gasteiger partial charge in [-0.15, -0.1) is 0 Å². The van der Waals surface area contributed by atoms with E-state index in [0.717, 1.165) is 21.1 Å². The van der Waals surface area contributed by atoms with Crippen LogP contribution in [0.25, 0.3) is 10.9 Å². The molecule has 0 aliphatic heterocycles. The van der Waals surface area contributed by atoms with Crippen molar-refractivity contribution in [2.75, 3.05) is 5.32 Å². The second-order valence-corrected chi connectivity index (χ2v) is 5.71. The van der Waals surface area contributed by atoms with E-state index in [9.17, 15) is 0 Å². The summed E-state index contributed by atoms with van der Waals surface area (Å²) >= 11 is 15.4. The molecule has 3 aromatic rings. The highest BCUT2D eigenvalue weighted by Gasteiger charge is 2.07. The van der Waals surface area contributed by atoms with Crippen LogP contribution in [0.4, 0.5) is 11.5 Å². The molecule has 0 aliphatic carbocycles. The maximum absolute atomic E-state index is 6.08. The highest BCUT2D eigenvalue weighted by Crippen LogP contribution is 2.29. The van der Waals surface area contributed by atoms with E-state index in [1.54, 1.807) is 0 Å². The molecule has 1 heterocycles. The number of nitrogens with zero attached hydrogens (tertiary/aromatic N) is 2. The summed E-state index contributed by atoms with van der Waals surface area (Å²) in [6.07, 6.45) is 0. The van der Waals surface area contributed by atoms with Crippen molar-refractivity contribution in [3.05, 3.63) is 57.2 Å². The first-order valence-electron chi connectivity index (χ1n) is 5.78. The molecule has 6 heteroatoms. The molecule has 0 radical (unpaired) electrons. The Morgan fingerprint density at radius 3 is 2.60 bits per heavy atom. The molecule has 1 aromatic heterocycles. The van der Waals surface area contributed by atoms with Crippen molar-refractivity contribution in [3.63, 3.8) is 0 Å². The summed E-state index contributed by atoms with van der Waals surface area (Å²) in [6.45, 7) is 0. The van der Waals surface area contributed by atoms with Crippen molar-refractivity contribution in [2.45, 2.75) is 0 Å². The van der Waals surface area contributed by atoms with E-state index in [-0.39, 0.29) is 5.28 Å². The zero-order valence-corrected chi connectivity index (χ0v) is 13.2. The quantitative estimate of drug-likeness (QED) is 0.611. The minimum Gasteiger partial charge on any atom is -0.340 e.